The summed E-state index contributed by atoms with van der Waals surface area (Å²) < 4.78 is 4.15. The molecular formula is C19H31NO2S. The summed E-state index contributed by atoms with van der Waals surface area (Å²) in [5.41, 5.74) is 2.70. The van der Waals surface area contributed by atoms with Gasteiger partial charge in [0.2, 0.25) is 0 Å². The highest BCUT2D eigenvalue weighted by molar-refractivity contribution is 8.01. The number of hydrogen-bond acceptors (Lipinski definition) is 4. The molecule has 0 spiro atoms. The average molecular weight is 338 g/mol. The van der Waals surface area contributed by atoms with E-state index in [-0.39, 0.29) is 0 Å². The first-order chi connectivity index (χ1) is 11.2. The van der Waals surface area contributed by atoms with Crippen LogP contribution in [0.4, 0.5) is 5.69 Å². The molecule has 1 heterocycles. The Morgan fingerprint density at radius 1 is 1.30 bits per heavy atom. The van der Waals surface area contributed by atoms with Crippen molar-refractivity contribution in [3.05, 3.63) is 41.3 Å². The highest BCUT2D eigenvalue weighted by atomic mass is 32.2. The molecule has 1 aromatic carbocycles. The highest BCUT2D eigenvalue weighted by Crippen LogP contribution is 2.23. The molecule has 0 fully saturated rings. The summed E-state index contributed by atoms with van der Waals surface area (Å²) in [6.07, 6.45) is 4.76. The standard InChI is InChI=1S/C13H17NS.C3H6O2.C3H8/c1-11-6-8-14-13-5-3-2-4-12(13)10-15-9-7-11;1-2-5-3-4;1-3-2/h2-5,7,9,11,14H,6,8,10H2,1H3;3H,2H2,1H3;3H2,1-2H3/b9-7-;;. The van der Waals surface area contributed by atoms with Gasteiger partial charge in [0, 0.05) is 18.0 Å². The molecule has 1 aromatic rings. The molecule has 3 nitrogen and oxygen atoms in total. The Hall–Kier alpha value is -1.42. The van der Waals surface area contributed by atoms with Gasteiger partial charge in [-0.1, -0.05) is 51.5 Å². The first-order valence-electron chi connectivity index (χ1n) is 8.34. The number of fused-ring (bicyclic) bond motifs is 1. The SMILES string of the molecule is CC1/C=C\SCc2ccccc2NCC1.CCC.CCOC=O. The van der Waals surface area contributed by atoms with Gasteiger partial charge in [-0.2, -0.15) is 0 Å². The molecule has 0 saturated carbocycles. The van der Waals surface area contributed by atoms with Gasteiger partial charge in [0.1, 0.15) is 0 Å². The second kappa shape index (κ2) is 15.5. The number of nitrogens with one attached hydrogen (secondary N) is 1. The van der Waals surface area contributed by atoms with Gasteiger partial charge in [-0.15, -0.1) is 11.8 Å². The Kier molecular flexibility index (Phi) is 14.5. The van der Waals surface area contributed by atoms with Crippen molar-refractivity contribution in [2.24, 2.45) is 5.92 Å². The number of thioether (sulfide) groups is 1. The summed E-state index contributed by atoms with van der Waals surface area (Å²) in [6.45, 7) is 10.2. The van der Waals surface area contributed by atoms with Crippen molar-refractivity contribution in [3.63, 3.8) is 0 Å². The number of carbonyl (C=O) groups excluding carboxylic acids is 1. The molecule has 0 radical (unpaired) electrons. The number of para-hydroxylation sites is 1. The molecule has 1 atom stereocenters. The van der Waals surface area contributed by atoms with Crippen molar-refractivity contribution < 1.29 is 9.53 Å². The van der Waals surface area contributed by atoms with Crippen molar-refractivity contribution in [3.8, 4) is 0 Å². The Labute approximate surface area is 145 Å². The van der Waals surface area contributed by atoms with Gasteiger partial charge in [-0.05, 0) is 36.3 Å². The van der Waals surface area contributed by atoms with Crippen LogP contribution in [0.1, 0.15) is 46.1 Å². The Morgan fingerprint density at radius 2 is 2.00 bits per heavy atom. The molecule has 1 unspecified atom stereocenters. The van der Waals surface area contributed by atoms with Crippen LogP contribution in [0.3, 0.4) is 0 Å². The van der Waals surface area contributed by atoms with Crippen LogP contribution in [0.5, 0.6) is 0 Å². The molecule has 0 amide bonds. The van der Waals surface area contributed by atoms with Gasteiger partial charge in [-0.3, -0.25) is 4.79 Å². The minimum absolute atomic E-state index is 0.431. The van der Waals surface area contributed by atoms with Gasteiger partial charge in [0.25, 0.3) is 6.47 Å². The normalized spacial score (nSPS) is 17.7. The van der Waals surface area contributed by atoms with E-state index in [1.165, 1.54) is 24.1 Å². The fraction of sp³-hybridized carbons (Fsp3) is 0.526. The van der Waals surface area contributed by atoms with E-state index in [0.29, 0.717) is 19.0 Å². The molecule has 0 saturated heterocycles. The summed E-state index contributed by atoms with van der Waals surface area (Å²) in [5.74, 6) is 1.74. The van der Waals surface area contributed by atoms with E-state index in [9.17, 15) is 4.79 Å². The Morgan fingerprint density at radius 3 is 2.61 bits per heavy atom. The largest absolute Gasteiger partial charge is 0.468 e. The fourth-order valence-corrected chi connectivity index (χ4v) is 2.65. The molecule has 0 aliphatic carbocycles. The van der Waals surface area contributed by atoms with Crippen LogP contribution in [0, 0.1) is 5.92 Å². The number of anilines is 1. The smallest absolute Gasteiger partial charge is 0.293 e. The minimum atomic E-state index is 0.431. The first kappa shape index (κ1) is 21.6. The van der Waals surface area contributed by atoms with Gasteiger partial charge < -0.3 is 10.1 Å². The Balaban J connectivity index is 0.000000511. The fourth-order valence-electron chi connectivity index (χ4n) is 1.74. The van der Waals surface area contributed by atoms with Crippen LogP contribution >= 0.6 is 11.8 Å². The summed E-state index contributed by atoms with van der Waals surface area (Å²) in [4.78, 5) is 9.18. The molecule has 4 heteroatoms. The number of allylic oxidation sites excluding steroid dienone is 1. The van der Waals surface area contributed by atoms with Gasteiger partial charge >= 0.3 is 0 Å². The molecule has 2 rings (SSSR count). The quantitative estimate of drug-likeness (QED) is 0.725. The zero-order valence-corrected chi connectivity index (χ0v) is 15.7. The lowest BCUT2D eigenvalue weighted by Gasteiger charge is -2.14. The summed E-state index contributed by atoms with van der Waals surface area (Å²) in [6, 6.07) is 8.58. The highest BCUT2D eigenvalue weighted by Gasteiger charge is 2.04. The lowest BCUT2D eigenvalue weighted by atomic mass is 10.1. The summed E-state index contributed by atoms with van der Waals surface area (Å²) in [7, 11) is 0. The number of rotatable bonds is 2. The average Bonchev–Trinajstić information content (AvgIpc) is 2.55. The van der Waals surface area contributed by atoms with Crippen molar-refractivity contribution in [2.45, 2.75) is 46.3 Å². The van der Waals surface area contributed by atoms with E-state index >= 15 is 0 Å². The predicted molar refractivity (Wildman–Crippen MR) is 103 cm³/mol. The molecule has 0 aromatic heterocycles. The zero-order valence-electron chi connectivity index (χ0n) is 14.9. The molecule has 1 aliphatic rings. The zero-order chi connectivity index (χ0) is 17.3. The lowest BCUT2D eigenvalue weighted by Crippen LogP contribution is -2.07. The molecule has 0 bridgehead atoms. The molecular weight excluding hydrogens is 306 g/mol. The van der Waals surface area contributed by atoms with Crippen LogP contribution in [-0.2, 0) is 15.3 Å². The monoisotopic (exact) mass is 337 g/mol. The lowest BCUT2D eigenvalue weighted by molar-refractivity contribution is -0.128. The topological polar surface area (TPSA) is 38.3 Å². The maximum Gasteiger partial charge on any atom is 0.293 e. The van der Waals surface area contributed by atoms with E-state index in [2.05, 4.69) is 66.6 Å². The number of ether oxygens (including phenoxy) is 1. The van der Waals surface area contributed by atoms with Gasteiger partial charge in [0.05, 0.1) is 6.61 Å². The van der Waals surface area contributed by atoms with E-state index in [0.717, 1.165) is 12.3 Å². The van der Waals surface area contributed by atoms with Crippen molar-refractivity contribution in [1.82, 2.24) is 0 Å². The van der Waals surface area contributed by atoms with Crippen molar-refractivity contribution >= 4 is 23.9 Å². The summed E-state index contributed by atoms with van der Waals surface area (Å²) >= 11 is 1.88. The second-order valence-corrected chi connectivity index (χ2v) is 6.14. The predicted octanol–water partition coefficient (Wildman–Crippen LogP) is 5.48. The van der Waals surface area contributed by atoms with Crippen molar-refractivity contribution in [2.75, 3.05) is 18.5 Å². The van der Waals surface area contributed by atoms with Crippen LogP contribution in [0.2, 0.25) is 0 Å². The minimum Gasteiger partial charge on any atom is -0.468 e. The maximum absolute atomic E-state index is 9.18. The first-order valence-corrected chi connectivity index (χ1v) is 9.39. The second-order valence-electron chi connectivity index (χ2n) is 5.25. The van der Waals surface area contributed by atoms with Crippen LogP contribution < -0.4 is 5.32 Å². The molecule has 1 aliphatic heterocycles. The third kappa shape index (κ3) is 11.8. The van der Waals surface area contributed by atoms with Crippen LogP contribution in [-0.4, -0.2) is 19.6 Å². The van der Waals surface area contributed by atoms with Gasteiger partial charge in [-0.25, -0.2) is 0 Å². The maximum atomic E-state index is 9.18. The summed E-state index contributed by atoms with van der Waals surface area (Å²) in [5, 5.41) is 5.76. The number of hydrogen-bond donors (Lipinski definition) is 1. The van der Waals surface area contributed by atoms with E-state index in [1.54, 1.807) is 6.92 Å². The number of carbonyl (C=O) groups is 1. The van der Waals surface area contributed by atoms with E-state index in [1.807, 2.05) is 11.8 Å². The van der Waals surface area contributed by atoms with Gasteiger partial charge in [0.15, 0.2) is 0 Å². The number of benzene rings is 1. The van der Waals surface area contributed by atoms with E-state index < -0.39 is 0 Å². The third-order valence-corrected chi connectivity index (χ3v) is 3.74. The molecule has 1 N–H and O–H groups in total. The van der Waals surface area contributed by atoms with Crippen molar-refractivity contribution in [1.29, 1.82) is 0 Å². The molecule has 130 valence electrons. The van der Waals surface area contributed by atoms with Crippen LogP contribution in [0.15, 0.2) is 35.7 Å². The van der Waals surface area contributed by atoms with Crippen LogP contribution in [0.25, 0.3) is 0 Å². The third-order valence-electron chi connectivity index (χ3n) is 2.91. The Bertz CT molecular complexity index is 435. The van der Waals surface area contributed by atoms with E-state index in [4.69, 9.17) is 0 Å². The molecule has 23 heavy (non-hydrogen) atoms.